The Kier molecular flexibility index (Phi) is 10.1. The number of nitrogens with zero attached hydrogens (tertiary/aromatic N) is 5. The highest BCUT2D eigenvalue weighted by Gasteiger charge is 2.72. The molecule has 10 rings (SSSR count). The number of benzene rings is 1. The minimum atomic E-state index is -4.71. The molecule has 0 unspecified atom stereocenters. The molecule has 2 aromatic rings. The smallest absolute Gasteiger partial charge is 0.403 e. The van der Waals surface area contributed by atoms with Crippen LogP contribution in [0.5, 0.6) is 0 Å². The van der Waals surface area contributed by atoms with Gasteiger partial charge in [-0.2, -0.15) is 18.3 Å². The number of hydrogen-bond donors (Lipinski definition) is 3. The van der Waals surface area contributed by atoms with Crippen LogP contribution in [-0.4, -0.2) is 148 Å². The molecule has 324 valence electrons. The fraction of sp³-hybridized carbons (Fsp3) is 0.667. The molecule has 0 radical (unpaired) electrons. The van der Waals surface area contributed by atoms with Gasteiger partial charge < -0.3 is 39.9 Å². The van der Waals surface area contributed by atoms with Crippen LogP contribution in [0.2, 0.25) is 0 Å². The third-order valence-electron chi connectivity index (χ3n) is 14.6. The van der Waals surface area contributed by atoms with Gasteiger partial charge in [0.1, 0.15) is 11.5 Å². The van der Waals surface area contributed by atoms with E-state index in [9.17, 15) is 42.3 Å². The number of ether oxygens (including phenoxy) is 2. The molecule has 1 aromatic carbocycles. The van der Waals surface area contributed by atoms with Gasteiger partial charge in [-0.15, -0.1) is 0 Å². The highest BCUT2D eigenvalue weighted by molar-refractivity contribution is 5.96. The highest BCUT2D eigenvalue weighted by atomic mass is 19.4. The Labute approximate surface area is 345 Å². The summed E-state index contributed by atoms with van der Waals surface area (Å²) >= 11 is 0. The summed E-state index contributed by atoms with van der Waals surface area (Å²) in [5.74, 6) is -4.40. The van der Waals surface area contributed by atoms with Crippen LogP contribution in [0.25, 0.3) is 0 Å². The topological polar surface area (TPSA) is 176 Å². The second kappa shape index (κ2) is 14.8. The van der Waals surface area contributed by atoms with E-state index in [1.165, 1.54) is 28.0 Å². The number of hydrogen-bond acceptors (Lipinski definition) is 9. The maximum atomic E-state index is 14.7. The van der Waals surface area contributed by atoms with E-state index in [0.717, 1.165) is 43.4 Å². The van der Waals surface area contributed by atoms with Crippen LogP contribution in [0.15, 0.2) is 36.7 Å². The minimum Gasteiger partial charge on any atom is -0.478 e. The molecule has 3 N–H and O–H groups in total. The standard InChI is InChI=1S/C42H52F3N7O8/c1-26(59-24-38-8-6-29(7-9-38)60-25-38)32(35(55)49-15-14-46-40(23-49)10-11-40)48-33(53)31-19-50(20-39(31)21-51(22-39)37(58)41(12-13-41)42(43,44)45)34(54)28-16-47-52(18-28)17-27-4-2-3-5-30(27)36(56)57/h2-5,16,18,26,29,31-32,46H,6-15,17,19-25H2,1H3,(H,48,53)(H,56,57)/t26-,29?,31+,32+,38?/m1/s1. The second-order valence-corrected chi connectivity index (χ2v) is 18.7. The van der Waals surface area contributed by atoms with E-state index in [0.29, 0.717) is 38.4 Å². The lowest BCUT2D eigenvalue weighted by atomic mass is 9.70. The molecule has 8 aliphatic rings. The van der Waals surface area contributed by atoms with E-state index in [2.05, 4.69) is 15.7 Å². The van der Waals surface area contributed by atoms with Gasteiger partial charge in [-0.05, 0) is 69.9 Å². The van der Waals surface area contributed by atoms with Crippen LogP contribution >= 0.6 is 0 Å². The van der Waals surface area contributed by atoms with Gasteiger partial charge >= 0.3 is 12.1 Å². The Morgan fingerprint density at radius 3 is 2.37 bits per heavy atom. The molecule has 1 aromatic heterocycles. The molecular formula is C42H52F3N7O8. The number of aromatic nitrogens is 2. The molecule has 5 saturated heterocycles. The first-order valence-corrected chi connectivity index (χ1v) is 21.1. The normalized spacial score (nSPS) is 28.0. The Hall–Kier alpha value is -4.55. The minimum absolute atomic E-state index is 0.0196. The Morgan fingerprint density at radius 1 is 1.00 bits per heavy atom. The molecule has 8 fully saturated rings. The number of carboxylic acid groups (broad SMARTS) is 1. The second-order valence-electron chi connectivity index (χ2n) is 18.7. The van der Waals surface area contributed by atoms with Crippen molar-refractivity contribution in [3.8, 4) is 0 Å². The number of carbonyl (C=O) groups excluding carboxylic acids is 4. The van der Waals surface area contributed by atoms with Crippen LogP contribution in [0.1, 0.15) is 84.6 Å². The molecule has 6 heterocycles. The number of carboxylic acids is 1. The molecule has 15 nitrogen and oxygen atoms in total. The number of aromatic carboxylic acids is 1. The summed E-state index contributed by atoms with van der Waals surface area (Å²) in [6, 6.07) is 5.35. The van der Waals surface area contributed by atoms with E-state index in [-0.39, 0.29) is 79.7 Å². The molecule has 4 amide bonds. The first-order valence-electron chi connectivity index (χ1n) is 21.1. The number of rotatable bonds is 12. The number of halogens is 3. The van der Waals surface area contributed by atoms with Gasteiger partial charge in [-0.1, -0.05) is 18.2 Å². The number of piperazine rings is 1. The largest absolute Gasteiger partial charge is 0.478 e. The van der Waals surface area contributed by atoms with Gasteiger partial charge in [-0.3, -0.25) is 23.9 Å². The summed E-state index contributed by atoms with van der Waals surface area (Å²) < 4.78 is 56.1. The maximum Gasteiger partial charge on any atom is 0.403 e. The summed E-state index contributed by atoms with van der Waals surface area (Å²) in [6.07, 6.45) is 2.73. The summed E-state index contributed by atoms with van der Waals surface area (Å²) in [4.78, 5) is 72.9. The zero-order chi connectivity index (χ0) is 42.2. The first-order chi connectivity index (χ1) is 28.5. The van der Waals surface area contributed by atoms with Crippen LogP contribution < -0.4 is 10.6 Å². The van der Waals surface area contributed by atoms with Gasteiger partial charge in [0, 0.05) is 68.4 Å². The van der Waals surface area contributed by atoms with E-state index in [4.69, 9.17) is 9.47 Å². The molecule has 60 heavy (non-hydrogen) atoms. The van der Waals surface area contributed by atoms with Crippen molar-refractivity contribution >= 4 is 29.6 Å². The Morgan fingerprint density at radius 2 is 1.72 bits per heavy atom. The lowest BCUT2D eigenvalue weighted by molar-refractivity contribution is -0.205. The van der Waals surface area contributed by atoms with Gasteiger partial charge in [0.2, 0.25) is 17.7 Å². The summed E-state index contributed by atoms with van der Waals surface area (Å²) in [5.41, 5.74) is -3.07. The average Bonchev–Trinajstić information content (AvgIpc) is 4.10. The van der Waals surface area contributed by atoms with Crippen molar-refractivity contribution in [1.82, 2.24) is 35.1 Å². The zero-order valence-corrected chi connectivity index (χ0v) is 33.7. The Balaban J connectivity index is 0.954. The fourth-order valence-electron chi connectivity index (χ4n) is 10.4. The fourth-order valence-corrected chi connectivity index (χ4v) is 10.4. The SMILES string of the molecule is C[C@@H](OCC12CCC(CC1)OC2)[C@H](NC(=O)[C@@H]1CN(C(=O)c2cnn(Cc3ccccc3C(=O)O)c2)CC12CN(C(=O)C1(C(F)(F)F)CC1)C2)C(=O)N1CCNC2(CC2)C1. The van der Waals surface area contributed by atoms with Gasteiger partial charge in [0.15, 0.2) is 0 Å². The predicted octanol–water partition coefficient (Wildman–Crippen LogP) is 2.69. The van der Waals surface area contributed by atoms with Crippen molar-refractivity contribution < 1.29 is 51.7 Å². The monoisotopic (exact) mass is 839 g/mol. The highest BCUT2D eigenvalue weighted by Crippen LogP contribution is 2.60. The number of fused-ring (bicyclic) bond motifs is 3. The lowest BCUT2D eigenvalue weighted by Crippen LogP contribution is -2.67. The average molecular weight is 840 g/mol. The molecule has 5 aliphatic heterocycles. The van der Waals surface area contributed by atoms with Crippen LogP contribution in [0.3, 0.4) is 0 Å². The molecule has 3 atom stereocenters. The summed E-state index contributed by atoms with van der Waals surface area (Å²) in [7, 11) is 0. The van der Waals surface area contributed by atoms with Crippen molar-refractivity contribution in [3.63, 3.8) is 0 Å². The van der Waals surface area contributed by atoms with Crippen LogP contribution in [0, 0.1) is 22.2 Å². The third kappa shape index (κ3) is 7.35. The molecule has 2 bridgehead atoms. The molecular weight excluding hydrogens is 787 g/mol. The van der Waals surface area contributed by atoms with E-state index in [1.54, 1.807) is 30.0 Å². The van der Waals surface area contributed by atoms with Crippen molar-refractivity contribution in [2.24, 2.45) is 22.2 Å². The number of alkyl halides is 3. The van der Waals surface area contributed by atoms with Gasteiger partial charge in [0.05, 0.1) is 55.2 Å². The summed E-state index contributed by atoms with van der Waals surface area (Å²) in [5, 5.41) is 20.5. The number of likely N-dealkylation sites (tertiary alicyclic amines) is 2. The van der Waals surface area contributed by atoms with Gasteiger partial charge in [0.25, 0.3) is 5.91 Å². The third-order valence-corrected chi connectivity index (χ3v) is 14.6. The van der Waals surface area contributed by atoms with E-state index < -0.39 is 58.8 Å². The quantitative estimate of drug-likeness (QED) is 0.288. The molecule has 3 saturated carbocycles. The Bertz CT molecular complexity index is 2040. The molecule has 3 aliphatic carbocycles. The predicted molar refractivity (Wildman–Crippen MR) is 205 cm³/mol. The van der Waals surface area contributed by atoms with E-state index >= 15 is 0 Å². The maximum absolute atomic E-state index is 14.7. The lowest BCUT2D eigenvalue weighted by Gasteiger charge is -2.51. The zero-order valence-electron chi connectivity index (χ0n) is 33.7. The van der Waals surface area contributed by atoms with Crippen molar-refractivity contribution in [2.45, 2.75) is 94.8 Å². The van der Waals surface area contributed by atoms with Crippen LogP contribution in [-0.2, 0) is 30.4 Å². The molecule has 18 heteroatoms. The number of nitrogens with one attached hydrogen (secondary N) is 2. The summed E-state index contributed by atoms with van der Waals surface area (Å²) in [6.45, 7) is 3.86. The van der Waals surface area contributed by atoms with Crippen LogP contribution in [0.4, 0.5) is 13.2 Å². The van der Waals surface area contributed by atoms with E-state index in [1.807, 2.05) is 0 Å². The molecule has 2 spiro atoms. The van der Waals surface area contributed by atoms with Crippen molar-refractivity contribution in [3.05, 3.63) is 53.3 Å². The number of carbonyl (C=O) groups is 5. The first kappa shape index (κ1) is 40.8. The number of amides is 4. The van der Waals surface area contributed by atoms with Gasteiger partial charge in [-0.25, -0.2) is 4.79 Å². The van der Waals surface area contributed by atoms with Crippen molar-refractivity contribution in [1.29, 1.82) is 0 Å². The van der Waals surface area contributed by atoms with Crippen molar-refractivity contribution in [2.75, 3.05) is 59.0 Å².